The van der Waals surface area contributed by atoms with Gasteiger partial charge in [0.15, 0.2) is 0 Å². The maximum absolute atomic E-state index is 12.3. The van der Waals surface area contributed by atoms with Gasteiger partial charge in [-0.1, -0.05) is 20.4 Å². The van der Waals surface area contributed by atoms with Crippen LogP contribution in [0.1, 0.15) is 47.0 Å². The Bertz CT molecular complexity index is 580. The Labute approximate surface area is 149 Å². The van der Waals surface area contributed by atoms with E-state index in [1.54, 1.807) is 25.0 Å². The maximum atomic E-state index is 12.3. The Kier molecular flexibility index (Phi) is 6.94. The summed E-state index contributed by atoms with van der Waals surface area (Å²) in [5, 5.41) is 0. The number of carbonyl (C=O) groups is 2. The van der Waals surface area contributed by atoms with E-state index in [2.05, 4.69) is 25.4 Å². The lowest BCUT2D eigenvalue weighted by Gasteiger charge is -2.49. The Morgan fingerprint density at radius 3 is 2.40 bits per heavy atom. The van der Waals surface area contributed by atoms with Gasteiger partial charge in [0.1, 0.15) is 13.2 Å². The maximum Gasteiger partial charge on any atom is 0.410 e. The SMILES string of the molecule is C=C(C)C(=O)OCCOC(=O)N(C)C1(C)CC(N=C=O)CC(C)(C)C1. The molecule has 0 bridgehead atoms. The van der Waals surface area contributed by atoms with Crippen LogP contribution in [0.4, 0.5) is 4.79 Å². The van der Waals surface area contributed by atoms with Crippen molar-refractivity contribution in [1.29, 1.82) is 0 Å². The summed E-state index contributed by atoms with van der Waals surface area (Å²) < 4.78 is 10.1. The number of nitrogens with zero attached hydrogens (tertiary/aromatic N) is 2. The average molecular weight is 352 g/mol. The number of esters is 1. The molecule has 0 radical (unpaired) electrons. The van der Waals surface area contributed by atoms with E-state index < -0.39 is 17.6 Å². The molecule has 1 rings (SSSR count). The number of rotatable bonds is 6. The van der Waals surface area contributed by atoms with Gasteiger partial charge in [-0.3, -0.25) is 0 Å². The van der Waals surface area contributed by atoms with E-state index in [9.17, 15) is 14.4 Å². The summed E-state index contributed by atoms with van der Waals surface area (Å²) in [4.78, 5) is 39.7. The number of carbonyl (C=O) groups excluding carboxylic acids is 3. The number of amides is 1. The quantitative estimate of drug-likeness (QED) is 0.241. The molecule has 1 fully saturated rings. The van der Waals surface area contributed by atoms with Gasteiger partial charge in [0, 0.05) is 18.2 Å². The molecule has 2 unspecified atom stereocenters. The molecule has 1 aliphatic rings. The van der Waals surface area contributed by atoms with Gasteiger partial charge in [-0.25, -0.2) is 19.4 Å². The number of hydrogen-bond donors (Lipinski definition) is 0. The molecule has 0 aromatic rings. The highest BCUT2D eigenvalue weighted by molar-refractivity contribution is 5.86. The zero-order valence-corrected chi connectivity index (χ0v) is 15.8. The first kappa shape index (κ1) is 20.9. The van der Waals surface area contributed by atoms with Crippen LogP contribution in [-0.4, -0.2) is 54.9 Å². The highest BCUT2D eigenvalue weighted by atomic mass is 16.6. The minimum Gasteiger partial charge on any atom is -0.459 e. The van der Waals surface area contributed by atoms with Gasteiger partial charge in [0.2, 0.25) is 6.08 Å². The summed E-state index contributed by atoms with van der Waals surface area (Å²) in [7, 11) is 1.67. The van der Waals surface area contributed by atoms with Crippen molar-refractivity contribution >= 4 is 18.1 Å². The highest BCUT2D eigenvalue weighted by Crippen LogP contribution is 2.44. The van der Waals surface area contributed by atoms with E-state index >= 15 is 0 Å². The van der Waals surface area contributed by atoms with Gasteiger partial charge in [0.25, 0.3) is 0 Å². The second-order valence-corrected chi connectivity index (χ2v) is 7.71. The van der Waals surface area contributed by atoms with Crippen LogP contribution in [0.3, 0.4) is 0 Å². The van der Waals surface area contributed by atoms with Crippen LogP contribution in [0.2, 0.25) is 0 Å². The average Bonchev–Trinajstić information content (AvgIpc) is 2.48. The molecule has 7 nitrogen and oxygen atoms in total. The predicted molar refractivity (Wildman–Crippen MR) is 92.8 cm³/mol. The van der Waals surface area contributed by atoms with Gasteiger partial charge in [0.05, 0.1) is 6.04 Å². The van der Waals surface area contributed by atoms with E-state index in [0.29, 0.717) is 12.0 Å². The van der Waals surface area contributed by atoms with Crippen LogP contribution in [0.5, 0.6) is 0 Å². The van der Waals surface area contributed by atoms with Crippen molar-refractivity contribution in [2.45, 2.75) is 58.5 Å². The lowest BCUT2D eigenvalue weighted by molar-refractivity contribution is -0.140. The van der Waals surface area contributed by atoms with Crippen LogP contribution < -0.4 is 0 Å². The van der Waals surface area contributed by atoms with E-state index in [-0.39, 0.29) is 24.7 Å². The first-order chi connectivity index (χ1) is 11.5. The summed E-state index contributed by atoms with van der Waals surface area (Å²) in [6, 6.07) is -0.168. The van der Waals surface area contributed by atoms with E-state index in [0.717, 1.165) is 12.8 Å². The van der Waals surface area contributed by atoms with Crippen molar-refractivity contribution in [3.63, 3.8) is 0 Å². The van der Waals surface area contributed by atoms with Crippen molar-refractivity contribution in [1.82, 2.24) is 4.90 Å². The fourth-order valence-electron chi connectivity index (χ4n) is 3.52. The van der Waals surface area contributed by atoms with Crippen LogP contribution in [-0.2, 0) is 19.1 Å². The topological polar surface area (TPSA) is 85.3 Å². The van der Waals surface area contributed by atoms with Gasteiger partial charge in [-0.2, -0.15) is 0 Å². The van der Waals surface area contributed by atoms with Crippen LogP contribution in [0.15, 0.2) is 17.1 Å². The fourth-order valence-corrected chi connectivity index (χ4v) is 3.52. The van der Waals surface area contributed by atoms with E-state index in [1.807, 2.05) is 6.92 Å². The zero-order chi connectivity index (χ0) is 19.3. The molecule has 0 aromatic carbocycles. The summed E-state index contributed by atoms with van der Waals surface area (Å²) in [5.74, 6) is -0.514. The number of ether oxygens (including phenoxy) is 2. The highest BCUT2D eigenvalue weighted by Gasteiger charge is 2.45. The lowest BCUT2D eigenvalue weighted by Crippen LogP contribution is -2.54. The molecule has 0 heterocycles. The molecule has 0 aromatic heterocycles. The standard InChI is InChI=1S/C18H28N2O5/c1-13(2)15(22)24-7-8-25-16(23)20(6)18(5)10-14(19-12-21)9-17(3,4)11-18/h14H,1,7-11H2,2-6H3. The smallest absolute Gasteiger partial charge is 0.410 e. The normalized spacial score (nSPS) is 24.6. The Morgan fingerprint density at radius 2 is 1.84 bits per heavy atom. The molecule has 1 aliphatic carbocycles. The van der Waals surface area contributed by atoms with Gasteiger partial charge >= 0.3 is 12.1 Å². The second-order valence-electron chi connectivity index (χ2n) is 7.71. The van der Waals surface area contributed by atoms with Gasteiger partial charge < -0.3 is 14.4 Å². The molecule has 0 aliphatic heterocycles. The summed E-state index contributed by atoms with van der Waals surface area (Å²) in [6.45, 7) is 11.1. The first-order valence-electron chi connectivity index (χ1n) is 8.31. The largest absolute Gasteiger partial charge is 0.459 e. The van der Waals surface area contributed by atoms with E-state index in [1.165, 1.54) is 0 Å². The second kappa shape index (κ2) is 8.30. The minimum atomic E-state index is -0.514. The minimum absolute atomic E-state index is 0.0223. The van der Waals surface area contributed by atoms with Gasteiger partial charge in [-0.15, -0.1) is 0 Å². The summed E-state index contributed by atoms with van der Waals surface area (Å²) >= 11 is 0. The molecular weight excluding hydrogens is 324 g/mol. The fraction of sp³-hybridized carbons (Fsp3) is 0.722. The molecule has 2 atom stereocenters. The molecule has 1 amide bonds. The molecular formula is C18H28N2O5. The monoisotopic (exact) mass is 352 g/mol. The number of isocyanates is 1. The Hall–Kier alpha value is -2.14. The molecule has 0 spiro atoms. The summed E-state index contributed by atoms with van der Waals surface area (Å²) in [5.41, 5.74) is -0.260. The molecule has 1 saturated carbocycles. The molecule has 25 heavy (non-hydrogen) atoms. The number of aliphatic imine (C=N–C) groups is 1. The third-order valence-electron chi connectivity index (χ3n) is 4.53. The van der Waals surface area contributed by atoms with Crippen molar-refractivity contribution in [2.75, 3.05) is 20.3 Å². The van der Waals surface area contributed by atoms with Crippen LogP contribution >= 0.6 is 0 Å². The van der Waals surface area contributed by atoms with Crippen LogP contribution in [0, 0.1) is 5.41 Å². The van der Waals surface area contributed by atoms with Crippen molar-refractivity contribution in [3.8, 4) is 0 Å². The lowest BCUT2D eigenvalue weighted by atomic mass is 9.66. The summed E-state index contributed by atoms with van der Waals surface area (Å²) in [6.07, 6.45) is 3.24. The Morgan fingerprint density at radius 1 is 1.24 bits per heavy atom. The molecule has 0 N–H and O–H groups in total. The Balaban J connectivity index is 2.64. The van der Waals surface area contributed by atoms with Crippen molar-refractivity contribution in [3.05, 3.63) is 12.2 Å². The molecule has 7 heteroatoms. The van der Waals surface area contributed by atoms with Crippen molar-refractivity contribution < 1.29 is 23.9 Å². The van der Waals surface area contributed by atoms with E-state index in [4.69, 9.17) is 9.47 Å². The van der Waals surface area contributed by atoms with Gasteiger partial charge in [-0.05, 0) is 38.5 Å². The van der Waals surface area contributed by atoms with Crippen LogP contribution in [0.25, 0.3) is 0 Å². The van der Waals surface area contributed by atoms with Crippen molar-refractivity contribution in [2.24, 2.45) is 10.4 Å². The third kappa shape index (κ3) is 6.02. The zero-order valence-electron chi connectivity index (χ0n) is 15.8. The third-order valence-corrected chi connectivity index (χ3v) is 4.53. The molecule has 140 valence electrons. The predicted octanol–water partition coefficient (Wildman–Crippen LogP) is 2.85. The first-order valence-corrected chi connectivity index (χ1v) is 8.31. The number of hydrogen-bond acceptors (Lipinski definition) is 6. The molecule has 0 saturated heterocycles.